The van der Waals surface area contributed by atoms with Crippen molar-refractivity contribution in [1.82, 2.24) is 14.9 Å². The predicted octanol–water partition coefficient (Wildman–Crippen LogP) is 2.08. The van der Waals surface area contributed by atoms with E-state index in [1.165, 1.54) is 0 Å². The fraction of sp³-hybridized carbons (Fsp3) is 0.421. The number of ether oxygens (including phenoxy) is 1. The van der Waals surface area contributed by atoms with Crippen LogP contribution in [0.1, 0.15) is 17.8 Å². The van der Waals surface area contributed by atoms with Crippen molar-refractivity contribution in [2.45, 2.75) is 19.8 Å². The molecule has 25 heavy (non-hydrogen) atoms. The number of amides is 1. The Balaban J connectivity index is 1.51. The molecule has 132 valence electrons. The minimum absolute atomic E-state index is 0.199. The van der Waals surface area contributed by atoms with Gasteiger partial charge in [-0.05, 0) is 31.0 Å². The van der Waals surface area contributed by atoms with Gasteiger partial charge in [0.15, 0.2) is 0 Å². The number of hydrogen-bond donors (Lipinski definition) is 0. The van der Waals surface area contributed by atoms with Crippen LogP contribution in [-0.2, 0) is 11.2 Å². The Morgan fingerprint density at radius 1 is 1.16 bits per heavy atom. The van der Waals surface area contributed by atoms with Gasteiger partial charge in [0.1, 0.15) is 17.4 Å². The fourth-order valence-electron chi connectivity index (χ4n) is 3.11. The van der Waals surface area contributed by atoms with Crippen molar-refractivity contribution in [1.29, 1.82) is 0 Å². The van der Waals surface area contributed by atoms with E-state index in [1.54, 1.807) is 13.3 Å². The lowest BCUT2D eigenvalue weighted by atomic mass is 10.1. The first-order valence-electron chi connectivity index (χ1n) is 8.61. The molecule has 0 N–H and O–H groups in total. The maximum atomic E-state index is 12.5. The van der Waals surface area contributed by atoms with Gasteiger partial charge >= 0.3 is 0 Å². The van der Waals surface area contributed by atoms with E-state index in [9.17, 15) is 4.79 Å². The van der Waals surface area contributed by atoms with Crippen LogP contribution in [0.3, 0.4) is 0 Å². The van der Waals surface area contributed by atoms with Crippen molar-refractivity contribution in [2.75, 3.05) is 38.2 Å². The lowest BCUT2D eigenvalue weighted by molar-refractivity contribution is -0.131. The summed E-state index contributed by atoms with van der Waals surface area (Å²) in [5.41, 5.74) is 1.08. The van der Waals surface area contributed by atoms with Gasteiger partial charge in [-0.3, -0.25) is 4.79 Å². The average Bonchev–Trinajstić information content (AvgIpc) is 2.66. The summed E-state index contributed by atoms with van der Waals surface area (Å²) in [5, 5.41) is 0. The van der Waals surface area contributed by atoms with Crippen LogP contribution in [0.5, 0.6) is 5.75 Å². The molecular weight excluding hydrogens is 316 g/mol. The average molecular weight is 340 g/mol. The van der Waals surface area contributed by atoms with E-state index in [0.717, 1.165) is 49.1 Å². The highest BCUT2D eigenvalue weighted by molar-refractivity contribution is 5.77. The van der Waals surface area contributed by atoms with E-state index in [4.69, 9.17) is 4.74 Å². The van der Waals surface area contributed by atoms with Crippen LogP contribution < -0.4 is 9.64 Å². The number of carbonyl (C=O) groups excluding carboxylic acids is 1. The van der Waals surface area contributed by atoms with Gasteiger partial charge < -0.3 is 14.5 Å². The van der Waals surface area contributed by atoms with E-state index in [2.05, 4.69) is 14.9 Å². The molecular formula is C19H24N4O2. The number of para-hydroxylation sites is 1. The number of methoxy groups -OCH3 is 1. The molecule has 1 fully saturated rings. The van der Waals surface area contributed by atoms with Crippen molar-refractivity contribution in [3.63, 3.8) is 0 Å². The van der Waals surface area contributed by atoms with Crippen molar-refractivity contribution in [3.05, 3.63) is 47.9 Å². The third kappa shape index (κ3) is 4.26. The highest BCUT2D eigenvalue weighted by atomic mass is 16.5. The third-order valence-corrected chi connectivity index (χ3v) is 4.52. The van der Waals surface area contributed by atoms with Crippen LogP contribution in [0, 0.1) is 6.92 Å². The summed E-state index contributed by atoms with van der Waals surface area (Å²) in [7, 11) is 1.66. The Hall–Kier alpha value is -2.63. The summed E-state index contributed by atoms with van der Waals surface area (Å²) >= 11 is 0. The number of carbonyl (C=O) groups is 1. The molecule has 0 unspecified atom stereocenters. The number of anilines is 1. The van der Waals surface area contributed by atoms with Gasteiger partial charge in [-0.25, -0.2) is 9.97 Å². The molecule has 1 amide bonds. The summed E-state index contributed by atoms with van der Waals surface area (Å²) in [6.45, 7) is 4.95. The minimum atomic E-state index is 0.199. The Kier molecular flexibility index (Phi) is 5.48. The van der Waals surface area contributed by atoms with Gasteiger partial charge in [0.25, 0.3) is 0 Å². The number of piperazine rings is 1. The Morgan fingerprint density at radius 3 is 2.64 bits per heavy atom. The van der Waals surface area contributed by atoms with Gasteiger partial charge in [-0.1, -0.05) is 18.2 Å². The highest BCUT2D eigenvalue weighted by Gasteiger charge is 2.22. The van der Waals surface area contributed by atoms with Gasteiger partial charge in [-0.15, -0.1) is 0 Å². The Labute approximate surface area is 148 Å². The van der Waals surface area contributed by atoms with E-state index in [0.29, 0.717) is 12.8 Å². The molecule has 0 bridgehead atoms. The zero-order chi connectivity index (χ0) is 17.6. The largest absolute Gasteiger partial charge is 0.496 e. The molecule has 2 aromatic rings. The third-order valence-electron chi connectivity index (χ3n) is 4.52. The zero-order valence-electron chi connectivity index (χ0n) is 14.8. The van der Waals surface area contributed by atoms with E-state index >= 15 is 0 Å². The molecule has 0 radical (unpaired) electrons. The minimum Gasteiger partial charge on any atom is -0.496 e. The molecule has 0 saturated carbocycles. The summed E-state index contributed by atoms with van der Waals surface area (Å²) in [6.07, 6.45) is 2.99. The monoisotopic (exact) mass is 340 g/mol. The Morgan fingerprint density at radius 2 is 1.92 bits per heavy atom. The van der Waals surface area contributed by atoms with E-state index < -0.39 is 0 Å². The maximum absolute atomic E-state index is 12.5. The normalized spacial score (nSPS) is 14.5. The van der Waals surface area contributed by atoms with Crippen molar-refractivity contribution in [3.8, 4) is 5.75 Å². The summed E-state index contributed by atoms with van der Waals surface area (Å²) in [4.78, 5) is 25.3. The molecule has 0 atom stereocenters. The van der Waals surface area contributed by atoms with Crippen LogP contribution in [-0.4, -0.2) is 54.1 Å². The van der Waals surface area contributed by atoms with Crippen LogP contribution in [0.4, 0.5) is 5.82 Å². The molecule has 1 aromatic carbocycles. The topological polar surface area (TPSA) is 58.6 Å². The Bertz CT molecular complexity index is 727. The first-order chi connectivity index (χ1) is 12.2. The molecule has 0 spiro atoms. The molecule has 2 heterocycles. The number of aryl methyl sites for hydroxylation is 2. The highest BCUT2D eigenvalue weighted by Crippen LogP contribution is 2.20. The van der Waals surface area contributed by atoms with Crippen molar-refractivity contribution >= 4 is 11.7 Å². The molecule has 6 heteroatoms. The molecule has 3 rings (SSSR count). The van der Waals surface area contributed by atoms with Crippen LogP contribution in [0.2, 0.25) is 0 Å². The van der Waals surface area contributed by atoms with Crippen molar-refractivity contribution in [2.24, 2.45) is 0 Å². The predicted molar refractivity (Wildman–Crippen MR) is 96.9 cm³/mol. The molecule has 1 aromatic heterocycles. The maximum Gasteiger partial charge on any atom is 0.223 e. The summed E-state index contributed by atoms with van der Waals surface area (Å²) < 4.78 is 5.35. The molecule has 0 aliphatic carbocycles. The molecule has 1 saturated heterocycles. The van der Waals surface area contributed by atoms with Crippen LogP contribution in [0.15, 0.2) is 36.5 Å². The van der Waals surface area contributed by atoms with Crippen molar-refractivity contribution < 1.29 is 9.53 Å². The molecule has 1 aliphatic rings. The standard InChI is InChI=1S/C19H24N4O2/c1-15-20-10-9-18(21-15)22-11-13-23(14-12-22)19(24)8-7-16-5-3-4-6-17(16)25-2/h3-6,9-10H,7-8,11-14H2,1-2H3. The van der Waals surface area contributed by atoms with Crippen LogP contribution in [0.25, 0.3) is 0 Å². The van der Waals surface area contributed by atoms with Gasteiger partial charge in [0.2, 0.25) is 5.91 Å². The SMILES string of the molecule is COc1ccccc1CCC(=O)N1CCN(c2ccnc(C)n2)CC1. The number of aromatic nitrogens is 2. The van der Waals surface area contributed by atoms with Gasteiger partial charge in [0.05, 0.1) is 7.11 Å². The van der Waals surface area contributed by atoms with Crippen LogP contribution >= 0.6 is 0 Å². The lowest BCUT2D eigenvalue weighted by Crippen LogP contribution is -2.49. The first kappa shape index (κ1) is 17.2. The van der Waals surface area contributed by atoms with E-state index in [1.807, 2.05) is 42.2 Å². The molecule has 1 aliphatic heterocycles. The zero-order valence-corrected chi connectivity index (χ0v) is 14.8. The van der Waals surface area contributed by atoms with E-state index in [-0.39, 0.29) is 5.91 Å². The second-order valence-corrected chi connectivity index (χ2v) is 6.14. The summed E-state index contributed by atoms with van der Waals surface area (Å²) in [5.74, 6) is 2.75. The lowest BCUT2D eigenvalue weighted by Gasteiger charge is -2.35. The smallest absolute Gasteiger partial charge is 0.223 e. The summed E-state index contributed by atoms with van der Waals surface area (Å²) in [6, 6.07) is 9.79. The second-order valence-electron chi connectivity index (χ2n) is 6.14. The fourth-order valence-corrected chi connectivity index (χ4v) is 3.11. The number of rotatable bonds is 5. The number of hydrogen-bond acceptors (Lipinski definition) is 5. The number of benzene rings is 1. The second kappa shape index (κ2) is 7.96. The number of nitrogens with zero attached hydrogens (tertiary/aromatic N) is 4. The molecule has 6 nitrogen and oxygen atoms in total. The van der Waals surface area contributed by atoms with Gasteiger partial charge in [-0.2, -0.15) is 0 Å². The first-order valence-corrected chi connectivity index (χ1v) is 8.61. The quantitative estimate of drug-likeness (QED) is 0.834. The van der Waals surface area contributed by atoms with Gasteiger partial charge in [0, 0.05) is 38.8 Å².